The Labute approximate surface area is 115 Å². The quantitative estimate of drug-likeness (QED) is 0.794. The lowest BCUT2D eigenvalue weighted by molar-refractivity contribution is -0.144. The third-order valence-electron chi connectivity index (χ3n) is 2.65. The van der Waals surface area contributed by atoms with Crippen LogP contribution in [0.3, 0.4) is 0 Å². The number of ether oxygens (including phenoxy) is 2. The van der Waals surface area contributed by atoms with E-state index in [0.717, 1.165) is 12.3 Å². The second kappa shape index (κ2) is 6.74. The average Bonchev–Trinajstić information content (AvgIpc) is 2.43. The van der Waals surface area contributed by atoms with Crippen molar-refractivity contribution in [1.82, 2.24) is 5.32 Å². The fourth-order valence-electron chi connectivity index (χ4n) is 1.50. The second-order valence-electron chi connectivity index (χ2n) is 4.40. The van der Waals surface area contributed by atoms with Gasteiger partial charge in [-0.05, 0) is 5.92 Å². The summed E-state index contributed by atoms with van der Waals surface area (Å²) in [7, 11) is 2.55. The smallest absolute Gasteiger partial charge is 0.328 e. The van der Waals surface area contributed by atoms with E-state index in [1.807, 2.05) is 0 Å². The molecule has 1 aromatic heterocycles. The van der Waals surface area contributed by atoms with Crippen molar-refractivity contribution < 1.29 is 23.5 Å². The van der Waals surface area contributed by atoms with Crippen LogP contribution in [0.4, 0.5) is 0 Å². The Morgan fingerprint density at radius 2 is 1.95 bits per heavy atom. The number of nitrogens with one attached hydrogen (secondary N) is 1. The molecule has 0 unspecified atom stereocenters. The summed E-state index contributed by atoms with van der Waals surface area (Å²) in [6.45, 7) is 3.51. The van der Waals surface area contributed by atoms with E-state index in [2.05, 4.69) is 10.1 Å². The van der Waals surface area contributed by atoms with Crippen LogP contribution in [0, 0.1) is 5.92 Å². The lowest BCUT2D eigenvalue weighted by Crippen LogP contribution is -2.45. The van der Waals surface area contributed by atoms with E-state index in [1.165, 1.54) is 14.2 Å². The Morgan fingerprint density at radius 3 is 2.40 bits per heavy atom. The molecule has 0 saturated carbocycles. The van der Waals surface area contributed by atoms with Crippen LogP contribution < -0.4 is 15.5 Å². The van der Waals surface area contributed by atoms with E-state index in [-0.39, 0.29) is 17.4 Å². The molecule has 1 amide bonds. The minimum absolute atomic E-state index is 0.00470. The summed E-state index contributed by atoms with van der Waals surface area (Å²) in [5, 5.41) is 2.46. The first-order valence-electron chi connectivity index (χ1n) is 5.96. The minimum Gasteiger partial charge on any atom is -0.490 e. The summed E-state index contributed by atoms with van der Waals surface area (Å²) < 4.78 is 14.3. The molecule has 0 bridgehead atoms. The van der Waals surface area contributed by atoms with Gasteiger partial charge in [-0.2, -0.15) is 0 Å². The Bertz CT molecular complexity index is 548. The Hall–Kier alpha value is -2.31. The predicted octanol–water partition coefficient (Wildman–Crippen LogP) is 0.576. The van der Waals surface area contributed by atoms with Gasteiger partial charge in [-0.3, -0.25) is 9.59 Å². The molecule has 0 spiro atoms. The van der Waals surface area contributed by atoms with Crippen molar-refractivity contribution in [2.75, 3.05) is 14.2 Å². The van der Waals surface area contributed by atoms with Crippen LogP contribution >= 0.6 is 0 Å². The van der Waals surface area contributed by atoms with Gasteiger partial charge in [0.05, 0.1) is 14.2 Å². The lowest BCUT2D eigenvalue weighted by atomic mass is 10.0. The van der Waals surface area contributed by atoms with Crippen LogP contribution in [-0.4, -0.2) is 32.1 Å². The Balaban J connectivity index is 2.92. The number of esters is 1. The number of methoxy groups -OCH3 is 2. The molecule has 1 rings (SSSR count). The number of rotatable bonds is 5. The summed E-state index contributed by atoms with van der Waals surface area (Å²) in [6, 6.07) is 0.183. The van der Waals surface area contributed by atoms with Gasteiger partial charge in [0.25, 0.3) is 5.91 Å². The number of hydrogen-bond donors (Lipinski definition) is 1. The van der Waals surface area contributed by atoms with Gasteiger partial charge in [-0.15, -0.1) is 0 Å². The van der Waals surface area contributed by atoms with E-state index in [9.17, 15) is 14.4 Å². The average molecular weight is 283 g/mol. The second-order valence-corrected chi connectivity index (χ2v) is 4.40. The molecule has 0 saturated heterocycles. The molecule has 0 aliphatic heterocycles. The van der Waals surface area contributed by atoms with Gasteiger partial charge in [0, 0.05) is 6.07 Å². The van der Waals surface area contributed by atoms with Crippen LogP contribution in [0.1, 0.15) is 24.4 Å². The van der Waals surface area contributed by atoms with E-state index in [1.54, 1.807) is 13.8 Å². The highest BCUT2D eigenvalue weighted by Gasteiger charge is 2.26. The third-order valence-corrected chi connectivity index (χ3v) is 2.65. The molecule has 0 radical (unpaired) electrons. The highest BCUT2D eigenvalue weighted by Crippen LogP contribution is 2.08. The molecule has 20 heavy (non-hydrogen) atoms. The normalized spacial score (nSPS) is 11.8. The zero-order chi connectivity index (χ0) is 15.3. The topological polar surface area (TPSA) is 94.8 Å². The molecule has 0 aliphatic carbocycles. The summed E-state index contributed by atoms with van der Waals surface area (Å²) in [4.78, 5) is 35.0. The maximum atomic E-state index is 11.9. The first kappa shape index (κ1) is 15.7. The van der Waals surface area contributed by atoms with Crippen LogP contribution in [0.25, 0.3) is 0 Å². The van der Waals surface area contributed by atoms with Crippen LogP contribution in [0.5, 0.6) is 5.75 Å². The van der Waals surface area contributed by atoms with Crippen molar-refractivity contribution in [2.24, 2.45) is 5.92 Å². The zero-order valence-corrected chi connectivity index (χ0v) is 11.8. The SMILES string of the molecule is COC(=O)[C@@H](NC(=O)c1cc(=O)c(OC)co1)C(C)C. The first-order valence-corrected chi connectivity index (χ1v) is 5.96. The highest BCUT2D eigenvalue weighted by molar-refractivity contribution is 5.94. The summed E-state index contributed by atoms with van der Waals surface area (Å²) >= 11 is 0. The molecule has 1 aromatic rings. The van der Waals surface area contributed by atoms with Crippen LogP contribution in [0.15, 0.2) is 21.5 Å². The summed E-state index contributed by atoms with van der Waals surface area (Å²) in [5.74, 6) is -1.62. The predicted molar refractivity (Wildman–Crippen MR) is 69.6 cm³/mol. The largest absolute Gasteiger partial charge is 0.490 e. The Morgan fingerprint density at radius 1 is 1.30 bits per heavy atom. The van der Waals surface area contributed by atoms with Crippen molar-refractivity contribution in [3.8, 4) is 5.75 Å². The summed E-state index contributed by atoms with van der Waals surface area (Å²) in [5.41, 5.74) is -0.483. The molecule has 0 aliphatic rings. The highest BCUT2D eigenvalue weighted by atomic mass is 16.5. The van der Waals surface area contributed by atoms with Crippen LogP contribution in [0.2, 0.25) is 0 Å². The van der Waals surface area contributed by atoms with Crippen LogP contribution in [-0.2, 0) is 9.53 Å². The first-order chi connectivity index (χ1) is 9.40. The fraction of sp³-hybridized carbons (Fsp3) is 0.462. The summed E-state index contributed by atoms with van der Waals surface area (Å²) in [6.07, 6.45) is 1.04. The van der Waals surface area contributed by atoms with Crippen molar-refractivity contribution in [1.29, 1.82) is 0 Å². The van der Waals surface area contributed by atoms with Gasteiger partial charge in [-0.1, -0.05) is 13.8 Å². The molecule has 110 valence electrons. The number of amides is 1. The van der Waals surface area contributed by atoms with Gasteiger partial charge in [0.1, 0.15) is 12.3 Å². The monoisotopic (exact) mass is 283 g/mol. The van der Waals surface area contributed by atoms with E-state index in [4.69, 9.17) is 9.15 Å². The van der Waals surface area contributed by atoms with Gasteiger partial charge in [0.15, 0.2) is 5.76 Å². The van der Waals surface area contributed by atoms with E-state index in [0.29, 0.717) is 0 Å². The molecule has 7 heteroatoms. The molecule has 1 atom stereocenters. The molecule has 1 heterocycles. The van der Waals surface area contributed by atoms with Crippen molar-refractivity contribution in [2.45, 2.75) is 19.9 Å². The van der Waals surface area contributed by atoms with E-state index >= 15 is 0 Å². The number of hydrogen-bond acceptors (Lipinski definition) is 6. The van der Waals surface area contributed by atoms with E-state index < -0.39 is 23.3 Å². The van der Waals surface area contributed by atoms with Gasteiger partial charge < -0.3 is 19.2 Å². The fourth-order valence-corrected chi connectivity index (χ4v) is 1.50. The van der Waals surface area contributed by atoms with Gasteiger partial charge in [-0.25, -0.2) is 4.79 Å². The maximum Gasteiger partial charge on any atom is 0.328 e. The number of carbonyl (C=O) groups excluding carboxylic acids is 2. The van der Waals surface area contributed by atoms with Crippen molar-refractivity contribution in [3.63, 3.8) is 0 Å². The maximum absolute atomic E-state index is 11.9. The standard InChI is InChI=1S/C13H17NO6/c1-7(2)11(13(17)19-4)14-12(16)9-5-8(15)10(18-3)6-20-9/h5-7,11H,1-4H3,(H,14,16)/t11-/m0/s1. The Kier molecular flexibility index (Phi) is 5.31. The van der Waals surface area contributed by atoms with Crippen molar-refractivity contribution >= 4 is 11.9 Å². The zero-order valence-electron chi connectivity index (χ0n) is 11.8. The lowest BCUT2D eigenvalue weighted by Gasteiger charge is -2.19. The molecule has 1 N–H and O–H groups in total. The van der Waals surface area contributed by atoms with Gasteiger partial charge in [0.2, 0.25) is 11.2 Å². The molecule has 7 nitrogen and oxygen atoms in total. The number of carbonyl (C=O) groups is 2. The third kappa shape index (κ3) is 3.59. The molecular weight excluding hydrogens is 266 g/mol. The molecule has 0 fully saturated rings. The molecule has 0 aromatic carbocycles. The van der Waals surface area contributed by atoms with Crippen molar-refractivity contribution in [3.05, 3.63) is 28.3 Å². The van der Waals surface area contributed by atoms with Gasteiger partial charge >= 0.3 is 5.97 Å². The molecular formula is C13H17NO6. The minimum atomic E-state index is -0.820.